The average Bonchev–Trinajstić information content (AvgIpc) is 3.63. The SMILES string of the molecule is Cc1c(C2CCN(C(=O)N3CCCC3)C2)nn(C(=O)c2cccs2)c1SCc1ccc(Cl)s1. The van der Waals surface area contributed by atoms with Crippen LogP contribution < -0.4 is 0 Å². The fraction of sp³-hybridized carbons (Fsp3) is 0.435. The third-order valence-electron chi connectivity index (χ3n) is 6.23. The van der Waals surface area contributed by atoms with E-state index < -0.39 is 0 Å². The Hall–Kier alpha value is -1.81. The highest BCUT2D eigenvalue weighted by Crippen LogP contribution is 2.37. The van der Waals surface area contributed by atoms with Gasteiger partial charge in [0, 0.05) is 48.3 Å². The summed E-state index contributed by atoms with van der Waals surface area (Å²) in [7, 11) is 0. The molecule has 2 amide bonds. The van der Waals surface area contributed by atoms with E-state index in [0.717, 1.165) is 70.1 Å². The van der Waals surface area contributed by atoms with Gasteiger partial charge in [-0.15, -0.1) is 34.4 Å². The molecule has 10 heteroatoms. The number of amides is 2. The van der Waals surface area contributed by atoms with Crippen LogP contribution in [0.5, 0.6) is 0 Å². The van der Waals surface area contributed by atoms with Gasteiger partial charge in [-0.05, 0) is 49.8 Å². The first kappa shape index (κ1) is 23.0. The van der Waals surface area contributed by atoms with Gasteiger partial charge in [-0.25, -0.2) is 4.79 Å². The van der Waals surface area contributed by atoms with Crippen molar-refractivity contribution in [2.75, 3.05) is 26.2 Å². The number of carbonyl (C=O) groups excluding carboxylic acids is 2. The summed E-state index contributed by atoms with van der Waals surface area (Å²) < 4.78 is 2.33. The van der Waals surface area contributed by atoms with Crippen molar-refractivity contribution < 1.29 is 9.59 Å². The van der Waals surface area contributed by atoms with Crippen LogP contribution in [-0.4, -0.2) is 57.7 Å². The molecule has 5 rings (SSSR count). The lowest BCUT2D eigenvalue weighted by Gasteiger charge is -2.23. The van der Waals surface area contributed by atoms with Gasteiger partial charge in [0.15, 0.2) is 0 Å². The molecule has 3 aromatic heterocycles. The molecule has 0 aromatic carbocycles. The summed E-state index contributed by atoms with van der Waals surface area (Å²) in [6.07, 6.45) is 3.05. The van der Waals surface area contributed by atoms with Crippen LogP contribution in [0.3, 0.4) is 0 Å². The number of halogens is 1. The maximum absolute atomic E-state index is 13.3. The fourth-order valence-corrected chi connectivity index (χ4v) is 7.42. The zero-order valence-electron chi connectivity index (χ0n) is 18.3. The molecule has 2 saturated heterocycles. The monoisotopic (exact) mass is 520 g/mol. The molecule has 3 aromatic rings. The lowest BCUT2D eigenvalue weighted by Crippen LogP contribution is -2.40. The van der Waals surface area contributed by atoms with E-state index in [1.165, 1.54) is 11.3 Å². The van der Waals surface area contributed by atoms with Crippen molar-refractivity contribution in [2.45, 2.75) is 42.9 Å². The number of thiophene rings is 2. The third kappa shape index (κ3) is 4.73. The lowest BCUT2D eigenvalue weighted by atomic mass is 10.0. The Balaban J connectivity index is 1.40. The van der Waals surface area contributed by atoms with Crippen molar-refractivity contribution in [3.63, 3.8) is 0 Å². The van der Waals surface area contributed by atoms with Gasteiger partial charge in [0.25, 0.3) is 5.91 Å². The Morgan fingerprint density at radius 3 is 2.70 bits per heavy atom. The predicted octanol–water partition coefficient (Wildman–Crippen LogP) is 5.95. The number of rotatable bonds is 5. The van der Waals surface area contributed by atoms with Crippen molar-refractivity contribution in [3.8, 4) is 0 Å². The van der Waals surface area contributed by atoms with Crippen LogP contribution in [0.1, 0.15) is 51.0 Å². The van der Waals surface area contributed by atoms with Crippen molar-refractivity contribution in [2.24, 2.45) is 0 Å². The van der Waals surface area contributed by atoms with Gasteiger partial charge in [-0.1, -0.05) is 17.7 Å². The molecule has 0 spiro atoms. The average molecular weight is 521 g/mol. The summed E-state index contributed by atoms with van der Waals surface area (Å²) in [5.74, 6) is 0.768. The molecule has 1 atom stereocenters. The second kappa shape index (κ2) is 9.82. The molecule has 0 radical (unpaired) electrons. The van der Waals surface area contributed by atoms with E-state index in [0.29, 0.717) is 11.4 Å². The number of likely N-dealkylation sites (tertiary alicyclic amines) is 2. The Labute approximate surface area is 210 Å². The number of nitrogens with zero attached hydrogens (tertiary/aromatic N) is 4. The van der Waals surface area contributed by atoms with E-state index in [-0.39, 0.29) is 17.9 Å². The molecule has 1 unspecified atom stereocenters. The maximum Gasteiger partial charge on any atom is 0.320 e. The highest BCUT2D eigenvalue weighted by molar-refractivity contribution is 7.98. The van der Waals surface area contributed by atoms with E-state index in [4.69, 9.17) is 16.7 Å². The Bertz CT molecular complexity index is 1150. The van der Waals surface area contributed by atoms with Crippen molar-refractivity contribution >= 4 is 58.0 Å². The van der Waals surface area contributed by atoms with E-state index >= 15 is 0 Å². The van der Waals surface area contributed by atoms with Crippen LogP contribution in [-0.2, 0) is 5.75 Å². The zero-order valence-corrected chi connectivity index (χ0v) is 21.5. The van der Waals surface area contributed by atoms with Crippen LogP contribution in [0.4, 0.5) is 4.79 Å². The Morgan fingerprint density at radius 1 is 1.18 bits per heavy atom. The van der Waals surface area contributed by atoms with Gasteiger partial charge in [0.2, 0.25) is 0 Å². The first-order chi connectivity index (χ1) is 16.0. The molecule has 0 bridgehead atoms. The van der Waals surface area contributed by atoms with Crippen LogP contribution in [0.2, 0.25) is 4.34 Å². The van der Waals surface area contributed by atoms with E-state index in [9.17, 15) is 9.59 Å². The molecular formula is C23H25ClN4O2S3. The zero-order chi connectivity index (χ0) is 22.9. The largest absolute Gasteiger partial charge is 0.325 e. The minimum Gasteiger partial charge on any atom is -0.325 e. The predicted molar refractivity (Wildman–Crippen MR) is 135 cm³/mol. The molecule has 5 heterocycles. The lowest BCUT2D eigenvalue weighted by molar-refractivity contribution is 0.0938. The first-order valence-electron chi connectivity index (χ1n) is 11.1. The standard InChI is InChI=1S/C23H25ClN4O2S3/c1-15-20(16-8-11-27(13-16)23(30)26-9-2-3-10-26)25-28(21(29)18-5-4-12-31-18)22(15)32-14-17-6-7-19(24)33-17/h4-7,12,16H,2-3,8-11,13-14H2,1H3. The van der Waals surface area contributed by atoms with Crippen molar-refractivity contribution in [1.82, 2.24) is 19.6 Å². The number of hydrogen-bond donors (Lipinski definition) is 0. The van der Waals surface area contributed by atoms with Crippen LogP contribution >= 0.6 is 46.0 Å². The molecular weight excluding hydrogens is 496 g/mol. The quantitative estimate of drug-likeness (QED) is 0.390. The summed E-state index contributed by atoms with van der Waals surface area (Å²) >= 11 is 10.7. The summed E-state index contributed by atoms with van der Waals surface area (Å²) in [6, 6.07) is 7.79. The summed E-state index contributed by atoms with van der Waals surface area (Å²) in [6.45, 7) is 5.16. The summed E-state index contributed by atoms with van der Waals surface area (Å²) in [5.41, 5.74) is 1.97. The molecule has 174 valence electrons. The normalized spacial score (nSPS) is 18.4. The number of carbonyl (C=O) groups is 2. The minimum atomic E-state index is -0.103. The van der Waals surface area contributed by atoms with E-state index in [2.05, 4.69) is 6.92 Å². The smallest absolute Gasteiger partial charge is 0.320 e. The van der Waals surface area contributed by atoms with E-state index in [1.54, 1.807) is 27.8 Å². The Morgan fingerprint density at radius 2 is 2.00 bits per heavy atom. The number of urea groups is 1. The highest BCUT2D eigenvalue weighted by Gasteiger charge is 2.34. The minimum absolute atomic E-state index is 0.103. The number of thioether (sulfide) groups is 1. The molecule has 2 fully saturated rings. The molecule has 0 saturated carbocycles. The maximum atomic E-state index is 13.3. The van der Waals surface area contributed by atoms with Crippen LogP contribution in [0.25, 0.3) is 0 Å². The molecule has 2 aliphatic rings. The number of aromatic nitrogens is 2. The second-order valence-corrected chi connectivity index (χ2v) is 12.1. The summed E-state index contributed by atoms with van der Waals surface area (Å²) in [5, 5.41) is 7.61. The fourth-order valence-electron chi connectivity index (χ4n) is 4.53. The van der Waals surface area contributed by atoms with Crippen molar-refractivity contribution in [1.29, 1.82) is 0 Å². The second-order valence-electron chi connectivity index (χ2n) is 8.41. The number of hydrogen-bond acceptors (Lipinski definition) is 6. The van der Waals surface area contributed by atoms with Gasteiger partial charge < -0.3 is 9.80 Å². The van der Waals surface area contributed by atoms with E-state index in [1.807, 2.05) is 39.4 Å². The third-order valence-corrected chi connectivity index (χ3v) is 9.71. The molecule has 6 nitrogen and oxygen atoms in total. The topological polar surface area (TPSA) is 58.4 Å². The Kier molecular flexibility index (Phi) is 6.83. The van der Waals surface area contributed by atoms with Gasteiger partial charge in [0.1, 0.15) is 5.03 Å². The first-order valence-corrected chi connectivity index (χ1v) is 14.2. The summed E-state index contributed by atoms with van der Waals surface area (Å²) in [4.78, 5) is 31.9. The molecule has 33 heavy (non-hydrogen) atoms. The molecule has 0 N–H and O–H groups in total. The molecule has 0 aliphatic carbocycles. The van der Waals surface area contributed by atoms with Crippen molar-refractivity contribution in [3.05, 3.63) is 55.0 Å². The van der Waals surface area contributed by atoms with Gasteiger partial charge in [-0.2, -0.15) is 9.78 Å². The highest BCUT2D eigenvalue weighted by atomic mass is 35.5. The molecule has 2 aliphatic heterocycles. The van der Waals surface area contributed by atoms with Gasteiger partial charge in [0.05, 0.1) is 14.9 Å². The van der Waals surface area contributed by atoms with Crippen LogP contribution in [0, 0.1) is 6.92 Å². The van der Waals surface area contributed by atoms with Crippen LogP contribution in [0.15, 0.2) is 34.7 Å². The van der Waals surface area contributed by atoms with Gasteiger partial charge >= 0.3 is 6.03 Å². The van der Waals surface area contributed by atoms with Gasteiger partial charge in [-0.3, -0.25) is 4.79 Å².